The van der Waals surface area contributed by atoms with Crippen molar-refractivity contribution < 1.29 is 23.4 Å². The Morgan fingerprint density at radius 1 is 1.00 bits per heavy atom. The maximum absolute atomic E-state index is 12.6. The van der Waals surface area contributed by atoms with Gasteiger partial charge in [-0.1, -0.05) is 41.0 Å². The molecule has 0 radical (unpaired) electrons. The number of fused-ring (bicyclic) bond motifs is 5. The van der Waals surface area contributed by atoms with Gasteiger partial charge in [0.1, 0.15) is 0 Å². The number of aliphatic hydroxyl groups is 2. The van der Waals surface area contributed by atoms with Crippen LogP contribution in [0.5, 0.6) is 0 Å². The van der Waals surface area contributed by atoms with Gasteiger partial charge >= 0.3 is 0 Å². The fourth-order valence-electron chi connectivity index (χ4n) is 9.90. The minimum atomic E-state index is -3.54. The highest BCUT2D eigenvalue weighted by Crippen LogP contribution is 2.69. The van der Waals surface area contributed by atoms with Crippen LogP contribution < -0.4 is 4.72 Å². The molecule has 0 aromatic carbocycles. The first-order chi connectivity index (χ1) is 16.4. The Balaban J connectivity index is 1.53. The Hall–Kier alpha value is -0.660. The number of amides is 1. The average molecular weight is 512 g/mol. The van der Waals surface area contributed by atoms with Gasteiger partial charge in [-0.3, -0.25) is 9.52 Å². The van der Waals surface area contributed by atoms with E-state index in [2.05, 4.69) is 32.4 Å². The van der Waals surface area contributed by atoms with Gasteiger partial charge < -0.3 is 10.2 Å². The molecule has 6 nitrogen and oxygen atoms in total. The zero-order chi connectivity index (χ0) is 25.8. The predicted octanol–water partition coefficient (Wildman–Crippen LogP) is 4.50. The molecule has 11 atom stereocenters. The molecule has 0 heterocycles. The lowest BCUT2D eigenvalue weighted by Gasteiger charge is -2.64. The number of rotatable bonds is 7. The highest BCUT2D eigenvalue weighted by molar-refractivity contribution is 7.90. The Kier molecular flexibility index (Phi) is 7.75. The van der Waals surface area contributed by atoms with Crippen LogP contribution in [0, 0.1) is 52.3 Å². The van der Waals surface area contributed by atoms with Crippen molar-refractivity contribution in [2.45, 2.75) is 111 Å². The average Bonchev–Trinajstić information content (AvgIpc) is 3.12. The zero-order valence-electron chi connectivity index (χ0n) is 22.5. The SMILES string of the molecule is CCCS(=O)(=O)NC(=O)CC(C)[C@H]1CC[C@H]2[C@@H]3[C@H](O)[C@H](CC)[C@@H]4C[C@H](O)CC[C@]4(C)[C@H]3CC[C@]12C. The molecule has 0 aliphatic heterocycles. The standard InChI is InChI=1S/C28H49NO5S/c1-6-14-35(33,34)29-24(31)15-17(3)20-8-9-21-25-22(11-13-27(20,21)4)28(5)12-10-18(30)16-23(28)19(7-2)26(25)32/h17-23,25-26,30,32H,6-16H2,1-5H3,(H,29,31)/t17?,18-,19-,20-,21+,22+,23+,25+,26-,27-,28-/m1/s1. The third-order valence-corrected chi connectivity index (χ3v) is 12.9. The van der Waals surface area contributed by atoms with E-state index >= 15 is 0 Å². The molecular formula is C28H49NO5S. The molecule has 4 aliphatic carbocycles. The number of carbonyl (C=O) groups is 1. The van der Waals surface area contributed by atoms with Gasteiger partial charge in [-0.05, 0) is 104 Å². The van der Waals surface area contributed by atoms with E-state index in [1.165, 1.54) is 0 Å². The minimum Gasteiger partial charge on any atom is -0.393 e. The molecule has 1 amide bonds. The van der Waals surface area contributed by atoms with Crippen LogP contribution in [-0.4, -0.2) is 42.5 Å². The first-order valence-corrected chi connectivity index (χ1v) is 15.9. The molecule has 4 fully saturated rings. The molecule has 0 aromatic rings. The largest absolute Gasteiger partial charge is 0.393 e. The molecule has 4 saturated carbocycles. The number of nitrogens with one attached hydrogen (secondary N) is 1. The Morgan fingerprint density at radius 3 is 2.31 bits per heavy atom. The van der Waals surface area contributed by atoms with Crippen LogP contribution >= 0.6 is 0 Å². The third kappa shape index (κ3) is 4.71. The summed E-state index contributed by atoms with van der Waals surface area (Å²) in [6.45, 7) is 10.9. The molecule has 35 heavy (non-hydrogen) atoms. The second-order valence-corrected chi connectivity index (χ2v) is 15.0. The van der Waals surface area contributed by atoms with Gasteiger partial charge in [-0.2, -0.15) is 0 Å². The quantitative estimate of drug-likeness (QED) is 0.467. The summed E-state index contributed by atoms with van der Waals surface area (Å²) in [6, 6.07) is 0. The Labute approximate surface area is 213 Å². The number of aliphatic hydroxyl groups excluding tert-OH is 2. The molecule has 202 valence electrons. The van der Waals surface area contributed by atoms with Crippen LogP contribution in [-0.2, 0) is 14.8 Å². The van der Waals surface area contributed by atoms with Gasteiger partial charge in [0.25, 0.3) is 0 Å². The van der Waals surface area contributed by atoms with Crippen molar-refractivity contribution in [1.29, 1.82) is 0 Å². The van der Waals surface area contributed by atoms with Gasteiger partial charge in [0.2, 0.25) is 15.9 Å². The van der Waals surface area contributed by atoms with E-state index in [-0.39, 0.29) is 58.9 Å². The smallest absolute Gasteiger partial charge is 0.234 e. The van der Waals surface area contributed by atoms with E-state index in [1.807, 2.05) is 0 Å². The van der Waals surface area contributed by atoms with Crippen molar-refractivity contribution in [3.8, 4) is 0 Å². The topological polar surface area (TPSA) is 104 Å². The van der Waals surface area contributed by atoms with Crippen LogP contribution in [0.3, 0.4) is 0 Å². The predicted molar refractivity (Wildman–Crippen MR) is 138 cm³/mol. The maximum atomic E-state index is 12.6. The lowest BCUT2D eigenvalue weighted by atomic mass is 9.41. The van der Waals surface area contributed by atoms with Crippen LogP contribution in [0.4, 0.5) is 0 Å². The summed E-state index contributed by atoms with van der Waals surface area (Å²) in [5.41, 5.74) is 0.252. The van der Waals surface area contributed by atoms with Crippen molar-refractivity contribution in [1.82, 2.24) is 4.72 Å². The molecule has 0 spiro atoms. The summed E-state index contributed by atoms with van der Waals surface area (Å²) in [7, 11) is -3.54. The van der Waals surface area contributed by atoms with E-state index in [1.54, 1.807) is 6.92 Å². The molecular weight excluding hydrogens is 462 g/mol. The van der Waals surface area contributed by atoms with E-state index in [0.717, 1.165) is 51.4 Å². The second kappa shape index (κ2) is 9.90. The number of sulfonamides is 1. The summed E-state index contributed by atoms with van der Waals surface area (Å²) >= 11 is 0. The number of hydrogen-bond donors (Lipinski definition) is 3. The molecule has 0 bridgehead atoms. The van der Waals surface area contributed by atoms with E-state index in [0.29, 0.717) is 30.1 Å². The third-order valence-electron chi connectivity index (χ3n) is 11.4. The first-order valence-electron chi connectivity index (χ1n) is 14.3. The molecule has 1 unspecified atom stereocenters. The highest BCUT2D eigenvalue weighted by Gasteiger charge is 2.64. The van der Waals surface area contributed by atoms with Crippen LogP contribution in [0.15, 0.2) is 0 Å². The molecule has 3 N–H and O–H groups in total. The van der Waals surface area contributed by atoms with Crippen molar-refractivity contribution in [2.24, 2.45) is 52.3 Å². The normalized spacial score (nSPS) is 46.3. The van der Waals surface area contributed by atoms with Crippen LogP contribution in [0.1, 0.15) is 98.8 Å². The van der Waals surface area contributed by atoms with E-state index in [9.17, 15) is 23.4 Å². The van der Waals surface area contributed by atoms with Gasteiger partial charge in [0.05, 0.1) is 18.0 Å². The lowest BCUT2D eigenvalue weighted by Crippen LogP contribution is -2.62. The molecule has 7 heteroatoms. The fraction of sp³-hybridized carbons (Fsp3) is 0.964. The van der Waals surface area contributed by atoms with Crippen molar-refractivity contribution in [3.05, 3.63) is 0 Å². The zero-order valence-corrected chi connectivity index (χ0v) is 23.3. The Morgan fingerprint density at radius 2 is 1.66 bits per heavy atom. The van der Waals surface area contributed by atoms with E-state index < -0.39 is 10.0 Å². The lowest BCUT2D eigenvalue weighted by molar-refractivity contribution is -0.203. The van der Waals surface area contributed by atoms with Gasteiger partial charge in [-0.15, -0.1) is 0 Å². The number of carbonyl (C=O) groups excluding carboxylic acids is 1. The summed E-state index contributed by atoms with van der Waals surface area (Å²) in [5, 5.41) is 22.3. The number of hydrogen-bond acceptors (Lipinski definition) is 5. The van der Waals surface area contributed by atoms with Gasteiger partial charge in [0.15, 0.2) is 0 Å². The monoisotopic (exact) mass is 511 g/mol. The van der Waals surface area contributed by atoms with Crippen LogP contribution in [0.25, 0.3) is 0 Å². The minimum absolute atomic E-state index is 0.0212. The van der Waals surface area contributed by atoms with E-state index in [4.69, 9.17) is 0 Å². The van der Waals surface area contributed by atoms with Crippen LogP contribution in [0.2, 0.25) is 0 Å². The summed E-state index contributed by atoms with van der Waals surface area (Å²) < 4.78 is 26.4. The molecule has 0 aromatic heterocycles. The maximum Gasteiger partial charge on any atom is 0.234 e. The summed E-state index contributed by atoms with van der Waals surface area (Å²) in [5.74, 6) is 1.91. The Bertz CT molecular complexity index is 892. The summed E-state index contributed by atoms with van der Waals surface area (Å²) in [4.78, 5) is 12.6. The van der Waals surface area contributed by atoms with Gasteiger partial charge in [-0.25, -0.2) is 8.42 Å². The molecule has 4 rings (SSSR count). The first kappa shape index (κ1) is 27.4. The highest BCUT2D eigenvalue weighted by atomic mass is 32.2. The van der Waals surface area contributed by atoms with Crippen molar-refractivity contribution >= 4 is 15.9 Å². The van der Waals surface area contributed by atoms with Crippen molar-refractivity contribution in [3.63, 3.8) is 0 Å². The molecule has 4 aliphatic rings. The molecule has 0 saturated heterocycles. The fourth-order valence-corrected chi connectivity index (χ4v) is 11.0. The summed E-state index contributed by atoms with van der Waals surface area (Å²) in [6.07, 6.45) is 8.22. The second-order valence-electron chi connectivity index (χ2n) is 13.1. The van der Waals surface area contributed by atoms with Gasteiger partial charge in [0, 0.05) is 6.42 Å². The van der Waals surface area contributed by atoms with Crippen molar-refractivity contribution in [2.75, 3.05) is 5.75 Å².